The number of hydrogen-bond acceptors (Lipinski definition) is 21. The third-order valence-corrected chi connectivity index (χ3v) is 14.4. The summed E-state index contributed by atoms with van der Waals surface area (Å²) in [5.41, 5.74) is 25.2. The minimum atomic E-state index is 0. The van der Waals surface area contributed by atoms with Gasteiger partial charge in [-0.25, -0.2) is 58.9 Å². The Bertz CT molecular complexity index is 3740. The van der Waals surface area contributed by atoms with Gasteiger partial charge in [0.25, 0.3) is 17.6 Å². The molecule has 0 unspecified atom stereocenters. The molecule has 9 aromatic heterocycles. The molecular weight excluding hydrogens is 1060 g/mol. The molecule has 25 heteroatoms. The van der Waals surface area contributed by atoms with Crippen LogP contribution < -0.4 is 31.4 Å². The van der Waals surface area contributed by atoms with Gasteiger partial charge in [-0.2, -0.15) is 0 Å². The summed E-state index contributed by atoms with van der Waals surface area (Å²) in [5.74, 6) is 4.06. The molecule has 3 saturated carbocycles. The quantitative estimate of drug-likeness (QED) is 0.101. The molecule has 12 heterocycles. The summed E-state index contributed by atoms with van der Waals surface area (Å²) in [5, 5.41) is 16.1. The number of aromatic nitrogens is 15. The van der Waals surface area contributed by atoms with Crippen LogP contribution in [0.1, 0.15) is 114 Å². The first kappa shape index (κ1) is 54.5. The number of anilines is 3. The lowest BCUT2D eigenvalue weighted by Crippen LogP contribution is -2.14. The normalized spacial score (nSPS) is 17.1. The summed E-state index contributed by atoms with van der Waals surface area (Å²) in [6, 6.07) is 12.3. The van der Waals surface area contributed by atoms with Crippen LogP contribution in [0, 0.1) is 0 Å². The molecule has 0 aromatic carbocycles. The van der Waals surface area contributed by atoms with Crippen molar-refractivity contribution in [1.29, 1.82) is 0 Å². The van der Waals surface area contributed by atoms with Crippen molar-refractivity contribution in [2.75, 3.05) is 56.8 Å². The molecule has 15 rings (SSSR count). The number of nitrogens with two attached hydrogens (primary N) is 3. The summed E-state index contributed by atoms with van der Waals surface area (Å²) < 4.78 is 39.3. The summed E-state index contributed by atoms with van der Waals surface area (Å²) in [6.07, 6.45) is 24.2. The third kappa shape index (κ3) is 12.8. The second-order valence-corrected chi connectivity index (χ2v) is 20.5. The topological polar surface area (TPSA) is 303 Å². The molecule has 9 aromatic rings. The van der Waals surface area contributed by atoms with Crippen LogP contribution in [0.4, 0.5) is 17.5 Å². The van der Waals surface area contributed by atoms with Gasteiger partial charge in [0.15, 0.2) is 16.9 Å². The fourth-order valence-electron chi connectivity index (χ4n) is 9.40. The van der Waals surface area contributed by atoms with E-state index in [9.17, 15) is 0 Å². The largest absolute Gasteiger partial charge is 0.418 e. The molecule has 6 N–H and O–H groups in total. The van der Waals surface area contributed by atoms with Gasteiger partial charge in [0.1, 0.15) is 52.6 Å². The van der Waals surface area contributed by atoms with E-state index in [1.165, 1.54) is 35.7 Å². The van der Waals surface area contributed by atoms with Gasteiger partial charge in [-0.05, 0) is 112 Å². The maximum atomic E-state index is 6.07. The summed E-state index contributed by atoms with van der Waals surface area (Å²) in [6.45, 7) is 6.85. The number of ether oxygens (including phenoxy) is 6. The van der Waals surface area contributed by atoms with Crippen molar-refractivity contribution in [3.8, 4) is 35.3 Å². The molecule has 81 heavy (non-hydrogen) atoms. The molecule has 0 amide bonds. The monoisotopic (exact) mass is 1120 g/mol. The lowest BCUT2D eigenvalue weighted by atomic mass is 9.92. The van der Waals surface area contributed by atoms with Gasteiger partial charge in [-0.15, -0.1) is 15.3 Å². The van der Waals surface area contributed by atoms with E-state index in [0.717, 1.165) is 108 Å². The highest BCUT2D eigenvalue weighted by Gasteiger charge is 2.32. The van der Waals surface area contributed by atoms with E-state index < -0.39 is 0 Å². The Labute approximate surface area is 471 Å². The van der Waals surface area contributed by atoms with Crippen molar-refractivity contribution in [3.63, 3.8) is 0 Å². The zero-order valence-electron chi connectivity index (χ0n) is 44.0. The van der Waals surface area contributed by atoms with Crippen molar-refractivity contribution >= 4 is 67.7 Å². The standard InChI is InChI=1S/C18H20N6O2.C18H18N6O2.C13H11ClN6O.C6H10O.CH4/c2*19-16-15-17(22-10-21-16)24(13-1-2-13)23-18(15)26-14-9-12(3-6-20-14)11-4-7-25-8-5-11;14-7-3-4-16-9(5-7)21-13-10-11(15)17-6-18-12(10)20(19-13)8-1-2-8;1-6-2-4-7-5-3-6;/h3,6,9-11,13H,1-2,4-5,7-8H2,(H2,19,21,22);3-4,6,9-10,13H,1-2,5,7-8H2,(H2,19,21,22);3-6,8H,1-2H2,(H2,15,17,18);2H,3-5H2,1H3;1H4. The lowest BCUT2D eigenvalue weighted by Gasteiger charge is -2.22. The molecule has 0 bridgehead atoms. The van der Waals surface area contributed by atoms with Crippen LogP contribution in [0.3, 0.4) is 0 Å². The molecule has 420 valence electrons. The first-order valence-electron chi connectivity index (χ1n) is 26.8. The lowest BCUT2D eigenvalue weighted by molar-refractivity contribution is 0.0852. The van der Waals surface area contributed by atoms with E-state index in [0.29, 0.717) is 116 Å². The van der Waals surface area contributed by atoms with Gasteiger partial charge < -0.3 is 45.6 Å². The van der Waals surface area contributed by atoms with Crippen molar-refractivity contribution in [3.05, 3.63) is 108 Å². The van der Waals surface area contributed by atoms with Gasteiger partial charge >= 0.3 is 0 Å². The van der Waals surface area contributed by atoms with Crippen molar-refractivity contribution < 1.29 is 28.4 Å². The van der Waals surface area contributed by atoms with E-state index in [4.69, 9.17) is 57.2 Å². The molecule has 6 aliphatic rings. The number of nitrogen functional groups attached to an aromatic ring is 3. The SMILES string of the molecule is C.CC1=CCOCC1.Nc1ncnc2c1c(Oc1cc(C3=CCOCC3)ccn1)nn2C1CC1.Nc1ncnc2c1c(Oc1cc(C3CCOCC3)ccn1)nn2C1CC1.Nc1ncnc2c1c(Oc1cc(Cl)ccn1)nn2C1CC1. The fraction of sp³-hybridized carbons (Fsp3) is 0.393. The first-order valence-corrected chi connectivity index (χ1v) is 27.2. The van der Waals surface area contributed by atoms with Crippen molar-refractivity contribution in [1.82, 2.24) is 74.2 Å². The van der Waals surface area contributed by atoms with E-state index in [1.807, 2.05) is 38.3 Å². The van der Waals surface area contributed by atoms with Crippen LogP contribution >= 0.6 is 11.6 Å². The highest BCUT2D eigenvalue weighted by molar-refractivity contribution is 6.30. The van der Waals surface area contributed by atoms with Crippen LogP contribution in [-0.4, -0.2) is 114 Å². The average Bonchev–Trinajstić information content (AvgIpc) is 4.61. The Morgan fingerprint density at radius 2 is 0.963 bits per heavy atom. The van der Waals surface area contributed by atoms with Crippen molar-refractivity contribution in [2.24, 2.45) is 0 Å². The zero-order chi connectivity index (χ0) is 54.5. The van der Waals surface area contributed by atoms with Gasteiger partial charge in [-0.1, -0.05) is 36.8 Å². The number of halogens is 1. The molecule has 0 atom stereocenters. The number of hydrogen-bond donors (Lipinski definition) is 3. The molecule has 3 aliphatic heterocycles. The maximum Gasteiger partial charge on any atom is 0.253 e. The predicted octanol–water partition coefficient (Wildman–Crippen LogP) is 10.1. The minimum absolute atomic E-state index is 0. The van der Waals surface area contributed by atoms with E-state index >= 15 is 0 Å². The second kappa shape index (κ2) is 24.5. The minimum Gasteiger partial charge on any atom is -0.418 e. The molecule has 4 fully saturated rings. The summed E-state index contributed by atoms with van der Waals surface area (Å²) >= 11 is 5.93. The molecular formula is C56H63ClN18O6. The van der Waals surface area contributed by atoms with Gasteiger partial charge in [0.05, 0.1) is 44.6 Å². The fourth-order valence-corrected chi connectivity index (χ4v) is 9.55. The van der Waals surface area contributed by atoms with Gasteiger partial charge in [0, 0.05) is 55.0 Å². The Balaban J connectivity index is 0.000000120. The Morgan fingerprint density at radius 1 is 0.506 bits per heavy atom. The van der Waals surface area contributed by atoms with Gasteiger partial charge in [0.2, 0.25) is 17.6 Å². The summed E-state index contributed by atoms with van der Waals surface area (Å²) in [7, 11) is 0. The highest BCUT2D eigenvalue weighted by Crippen LogP contribution is 2.43. The van der Waals surface area contributed by atoms with Crippen LogP contribution in [-0.2, 0) is 14.2 Å². The number of fused-ring (bicyclic) bond motifs is 3. The predicted molar refractivity (Wildman–Crippen MR) is 304 cm³/mol. The van der Waals surface area contributed by atoms with E-state index in [-0.39, 0.29) is 7.43 Å². The van der Waals surface area contributed by atoms with E-state index in [2.05, 4.69) is 79.2 Å². The number of rotatable bonds is 11. The smallest absolute Gasteiger partial charge is 0.253 e. The second-order valence-electron chi connectivity index (χ2n) is 20.1. The summed E-state index contributed by atoms with van der Waals surface area (Å²) in [4.78, 5) is 37.9. The van der Waals surface area contributed by atoms with Gasteiger partial charge in [-0.3, -0.25) is 0 Å². The Morgan fingerprint density at radius 3 is 1.40 bits per heavy atom. The van der Waals surface area contributed by atoms with Crippen LogP contribution in [0.25, 0.3) is 38.7 Å². The highest BCUT2D eigenvalue weighted by atomic mass is 35.5. The van der Waals surface area contributed by atoms with E-state index in [1.54, 1.807) is 30.7 Å². The zero-order valence-corrected chi connectivity index (χ0v) is 44.7. The molecule has 0 spiro atoms. The molecule has 24 nitrogen and oxygen atoms in total. The molecule has 0 radical (unpaired) electrons. The maximum absolute atomic E-state index is 6.07. The molecule has 1 saturated heterocycles. The molecule has 3 aliphatic carbocycles. The van der Waals surface area contributed by atoms with Crippen LogP contribution in [0.15, 0.2) is 91.7 Å². The first-order chi connectivity index (χ1) is 39.2. The third-order valence-electron chi connectivity index (χ3n) is 14.1. The number of pyridine rings is 3. The average molecular weight is 1120 g/mol. The van der Waals surface area contributed by atoms with Crippen LogP contribution in [0.2, 0.25) is 5.02 Å². The number of nitrogens with zero attached hydrogens (tertiary/aromatic N) is 15. The Hall–Kier alpha value is -8.45. The van der Waals surface area contributed by atoms with Crippen molar-refractivity contribution in [2.45, 2.75) is 103 Å². The Kier molecular flexibility index (Phi) is 16.5. The van der Waals surface area contributed by atoms with Crippen LogP contribution in [0.5, 0.6) is 35.3 Å².